The van der Waals surface area contributed by atoms with Crippen molar-refractivity contribution in [2.75, 3.05) is 5.75 Å². The Morgan fingerprint density at radius 2 is 1.27 bits per heavy atom. The van der Waals surface area contributed by atoms with Crippen LogP contribution in [0.15, 0.2) is 91.0 Å². The minimum absolute atomic E-state index is 0.0864. The Labute approximate surface area is 159 Å². The fourth-order valence-corrected chi connectivity index (χ4v) is 3.71. The van der Waals surface area contributed by atoms with Gasteiger partial charge in [0, 0.05) is 17.9 Å². The number of thioether (sulfide) groups is 1. The van der Waals surface area contributed by atoms with Crippen LogP contribution in [-0.4, -0.2) is 11.7 Å². The first-order valence-corrected chi connectivity index (χ1v) is 9.99. The molecule has 0 bridgehead atoms. The predicted molar refractivity (Wildman–Crippen MR) is 110 cm³/mol. The molecule has 26 heavy (non-hydrogen) atoms. The summed E-state index contributed by atoms with van der Waals surface area (Å²) in [6.07, 6.45) is 0.521. The summed E-state index contributed by atoms with van der Waals surface area (Å²) in [6.45, 7) is 0. The maximum atomic E-state index is 12.5. The molecule has 0 radical (unpaired) electrons. The average molecular weight is 362 g/mol. The van der Waals surface area contributed by atoms with Crippen molar-refractivity contribution in [1.82, 2.24) is 5.32 Å². The van der Waals surface area contributed by atoms with Crippen molar-refractivity contribution in [2.24, 2.45) is 0 Å². The first kappa shape index (κ1) is 18.3. The third-order valence-corrected chi connectivity index (χ3v) is 5.19. The van der Waals surface area contributed by atoms with Gasteiger partial charge in [0.25, 0.3) is 0 Å². The van der Waals surface area contributed by atoms with Gasteiger partial charge in [-0.3, -0.25) is 4.79 Å². The number of carbonyl (C=O) groups excluding carboxylic acids is 1. The molecular formula is C23H23NOS. The highest BCUT2D eigenvalue weighted by atomic mass is 32.2. The summed E-state index contributed by atoms with van der Waals surface area (Å²) in [5.74, 6) is 1.84. The van der Waals surface area contributed by atoms with Gasteiger partial charge in [0.15, 0.2) is 0 Å². The molecule has 0 aliphatic carbocycles. The minimum Gasteiger partial charge on any atom is -0.345 e. The Morgan fingerprint density at radius 3 is 1.81 bits per heavy atom. The van der Waals surface area contributed by atoms with Crippen LogP contribution in [0.1, 0.15) is 29.2 Å². The molecule has 1 amide bonds. The van der Waals surface area contributed by atoms with E-state index in [2.05, 4.69) is 41.7 Å². The predicted octanol–water partition coefficient (Wildman–Crippen LogP) is 5.22. The highest BCUT2D eigenvalue weighted by molar-refractivity contribution is 7.98. The maximum absolute atomic E-state index is 12.5. The zero-order chi connectivity index (χ0) is 18.0. The quantitative estimate of drug-likeness (QED) is 0.558. The lowest BCUT2D eigenvalue weighted by Crippen LogP contribution is -2.29. The molecule has 0 heterocycles. The van der Waals surface area contributed by atoms with Crippen LogP contribution in [0.25, 0.3) is 0 Å². The molecule has 0 aliphatic heterocycles. The van der Waals surface area contributed by atoms with E-state index in [0.717, 1.165) is 22.6 Å². The van der Waals surface area contributed by atoms with E-state index in [4.69, 9.17) is 0 Å². The lowest BCUT2D eigenvalue weighted by molar-refractivity contribution is -0.121. The lowest BCUT2D eigenvalue weighted by Gasteiger charge is -2.20. The summed E-state index contributed by atoms with van der Waals surface area (Å²) in [5.41, 5.74) is 3.50. The number of carbonyl (C=O) groups is 1. The van der Waals surface area contributed by atoms with Crippen molar-refractivity contribution >= 4 is 17.7 Å². The van der Waals surface area contributed by atoms with Crippen LogP contribution < -0.4 is 5.32 Å². The lowest BCUT2D eigenvalue weighted by atomic mass is 9.98. The van der Waals surface area contributed by atoms with Gasteiger partial charge in [0.1, 0.15) is 0 Å². The molecule has 3 aromatic rings. The van der Waals surface area contributed by atoms with Crippen LogP contribution >= 0.6 is 11.8 Å². The molecule has 0 saturated carbocycles. The molecule has 0 unspecified atom stereocenters. The van der Waals surface area contributed by atoms with E-state index in [9.17, 15) is 4.79 Å². The molecule has 0 aromatic heterocycles. The van der Waals surface area contributed by atoms with Gasteiger partial charge in [-0.05, 0) is 16.7 Å². The Kier molecular flexibility index (Phi) is 6.91. The van der Waals surface area contributed by atoms with Crippen molar-refractivity contribution in [3.8, 4) is 0 Å². The number of hydrogen-bond donors (Lipinski definition) is 1. The maximum Gasteiger partial charge on any atom is 0.221 e. The first-order valence-electron chi connectivity index (χ1n) is 8.84. The van der Waals surface area contributed by atoms with E-state index in [-0.39, 0.29) is 11.9 Å². The number of rotatable bonds is 8. The van der Waals surface area contributed by atoms with Crippen LogP contribution in [0.5, 0.6) is 0 Å². The van der Waals surface area contributed by atoms with E-state index >= 15 is 0 Å². The largest absolute Gasteiger partial charge is 0.345 e. The van der Waals surface area contributed by atoms with Gasteiger partial charge in [-0.2, -0.15) is 11.8 Å². The Bertz CT molecular complexity index is 751. The second-order valence-corrected chi connectivity index (χ2v) is 7.22. The van der Waals surface area contributed by atoms with Crippen LogP contribution in [0, 0.1) is 0 Å². The molecule has 0 fully saturated rings. The Morgan fingerprint density at radius 1 is 0.769 bits per heavy atom. The van der Waals surface area contributed by atoms with Crippen molar-refractivity contribution in [1.29, 1.82) is 0 Å². The van der Waals surface area contributed by atoms with Gasteiger partial charge in [-0.1, -0.05) is 91.0 Å². The van der Waals surface area contributed by atoms with E-state index in [1.165, 1.54) is 5.56 Å². The monoisotopic (exact) mass is 361 g/mol. The van der Waals surface area contributed by atoms with Gasteiger partial charge in [0.05, 0.1) is 6.04 Å². The topological polar surface area (TPSA) is 29.1 Å². The average Bonchev–Trinajstić information content (AvgIpc) is 2.71. The van der Waals surface area contributed by atoms with Gasteiger partial charge >= 0.3 is 0 Å². The normalized spacial score (nSPS) is 10.7. The van der Waals surface area contributed by atoms with Crippen LogP contribution in [-0.2, 0) is 10.5 Å². The van der Waals surface area contributed by atoms with Crippen molar-refractivity contribution in [3.63, 3.8) is 0 Å². The second-order valence-electron chi connectivity index (χ2n) is 6.11. The van der Waals surface area contributed by atoms with Gasteiger partial charge < -0.3 is 5.32 Å². The Hall–Kier alpha value is -2.52. The first-order chi connectivity index (χ1) is 12.8. The second kappa shape index (κ2) is 9.83. The van der Waals surface area contributed by atoms with Crippen molar-refractivity contribution < 1.29 is 4.79 Å². The van der Waals surface area contributed by atoms with Gasteiger partial charge in [0.2, 0.25) is 5.91 Å². The van der Waals surface area contributed by atoms with E-state index in [1.54, 1.807) is 11.8 Å². The minimum atomic E-state index is -0.107. The van der Waals surface area contributed by atoms with Gasteiger partial charge in [-0.15, -0.1) is 0 Å². The van der Waals surface area contributed by atoms with Crippen LogP contribution in [0.3, 0.4) is 0 Å². The summed E-state index contributed by atoms with van der Waals surface area (Å²) in [5, 5.41) is 3.20. The SMILES string of the molecule is O=C(CCSCc1ccccc1)NC(c1ccccc1)c1ccccc1. The number of benzene rings is 3. The smallest absolute Gasteiger partial charge is 0.221 e. The molecule has 132 valence electrons. The molecule has 2 nitrogen and oxygen atoms in total. The number of nitrogens with one attached hydrogen (secondary N) is 1. The summed E-state index contributed by atoms with van der Waals surface area (Å²) >= 11 is 1.79. The molecule has 0 aliphatic rings. The van der Waals surface area contributed by atoms with E-state index in [1.807, 2.05) is 54.6 Å². The molecular weight excluding hydrogens is 338 g/mol. The number of hydrogen-bond acceptors (Lipinski definition) is 2. The van der Waals surface area contributed by atoms with E-state index in [0.29, 0.717) is 6.42 Å². The van der Waals surface area contributed by atoms with Crippen molar-refractivity contribution in [3.05, 3.63) is 108 Å². The van der Waals surface area contributed by atoms with Crippen LogP contribution in [0.2, 0.25) is 0 Å². The molecule has 0 spiro atoms. The molecule has 0 atom stereocenters. The van der Waals surface area contributed by atoms with Gasteiger partial charge in [-0.25, -0.2) is 0 Å². The highest BCUT2D eigenvalue weighted by Crippen LogP contribution is 2.22. The molecule has 3 heteroatoms. The molecule has 3 aromatic carbocycles. The van der Waals surface area contributed by atoms with Crippen molar-refractivity contribution in [2.45, 2.75) is 18.2 Å². The highest BCUT2D eigenvalue weighted by Gasteiger charge is 2.16. The molecule has 3 rings (SSSR count). The fourth-order valence-electron chi connectivity index (χ4n) is 2.81. The third kappa shape index (κ3) is 5.50. The molecule has 0 saturated heterocycles. The van der Waals surface area contributed by atoms with Crippen LogP contribution in [0.4, 0.5) is 0 Å². The molecule has 1 N–H and O–H groups in total. The fraction of sp³-hybridized carbons (Fsp3) is 0.174. The summed E-state index contributed by atoms with van der Waals surface area (Å²) in [4.78, 5) is 12.5. The zero-order valence-electron chi connectivity index (χ0n) is 14.7. The zero-order valence-corrected chi connectivity index (χ0v) is 15.5. The summed E-state index contributed by atoms with van der Waals surface area (Å²) in [7, 11) is 0. The third-order valence-electron chi connectivity index (χ3n) is 4.16. The Balaban J connectivity index is 1.56. The number of amides is 1. The van der Waals surface area contributed by atoms with E-state index < -0.39 is 0 Å². The summed E-state index contributed by atoms with van der Waals surface area (Å²) < 4.78 is 0. The summed E-state index contributed by atoms with van der Waals surface area (Å²) in [6, 6.07) is 30.5. The standard InChI is InChI=1S/C23H23NOS/c25-22(16-17-26-18-19-10-4-1-5-11-19)24-23(20-12-6-2-7-13-20)21-14-8-3-9-15-21/h1-15,23H,16-18H2,(H,24,25).